The van der Waals surface area contributed by atoms with E-state index in [0.717, 1.165) is 5.75 Å². The summed E-state index contributed by atoms with van der Waals surface area (Å²) in [6.45, 7) is 2.20. The Balaban J connectivity index is 2.03. The quantitative estimate of drug-likeness (QED) is 0.547. The molecule has 0 saturated heterocycles. The Hall–Kier alpha value is -0.840. The topological polar surface area (TPSA) is 58.6 Å². The number of aromatic amines is 1. The van der Waals surface area contributed by atoms with Gasteiger partial charge in [0.1, 0.15) is 5.69 Å². The zero-order chi connectivity index (χ0) is 10.9. The summed E-state index contributed by atoms with van der Waals surface area (Å²) in [5.41, 5.74) is 0.441. The molecule has 84 valence electrons. The molecule has 0 aliphatic rings. The Bertz CT molecular complexity index is 274. The van der Waals surface area contributed by atoms with Gasteiger partial charge in [-0.25, -0.2) is 0 Å². The van der Waals surface area contributed by atoms with Crippen molar-refractivity contribution in [3.05, 3.63) is 11.9 Å². The Labute approximate surface area is 94.2 Å². The van der Waals surface area contributed by atoms with Gasteiger partial charge in [0.05, 0.1) is 11.9 Å². The standard InChI is InChI=1S/C10H17N3OS/c1-2-3-4-5-6-15-8-10(14)9-7-11-13-12-9/h7H,2-6,8H2,1H3,(H,11,12,13). The lowest BCUT2D eigenvalue weighted by Gasteiger charge is -1.99. The third-order valence-electron chi connectivity index (χ3n) is 2.08. The molecule has 0 bridgehead atoms. The van der Waals surface area contributed by atoms with Crippen LogP contribution in [-0.2, 0) is 0 Å². The molecule has 0 radical (unpaired) electrons. The summed E-state index contributed by atoms with van der Waals surface area (Å²) in [4.78, 5) is 11.5. The maximum absolute atomic E-state index is 11.5. The van der Waals surface area contributed by atoms with Crippen molar-refractivity contribution in [2.24, 2.45) is 0 Å². The first-order valence-corrected chi connectivity index (χ1v) is 6.47. The van der Waals surface area contributed by atoms with Gasteiger partial charge < -0.3 is 0 Å². The highest BCUT2D eigenvalue weighted by Crippen LogP contribution is 2.09. The van der Waals surface area contributed by atoms with E-state index >= 15 is 0 Å². The van der Waals surface area contributed by atoms with Gasteiger partial charge in [0, 0.05) is 0 Å². The van der Waals surface area contributed by atoms with Crippen molar-refractivity contribution in [1.82, 2.24) is 15.4 Å². The molecule has 1 heterocycles. The van der Waals surface area contributed by atoms with Crippen LogP contribution in [0.2, 0.25) is 0 Å². The van der Waals surface area contributed by atoms with Crippen molar-refractivity contribution >= 4 is 17.5 Å². The number of hydrogen-bond acceptors (Lipinski definition) is 4. The third kappa shape index (κ3) is 4.97. The van der Waals surface area contributed by atoms with Crippen LogP contribution in [0.3, 0.4) is 0 Å². The van der Waals surface area contributed by atoms with Crippen LogP contribution < -0.4 is 0 Å². The van der Waals surface area contributed by atoms with Gasteiger partial charge in [-0.1, -0.05) is 31.4 Å². The van der Waals surface area contributed by atoms with E-state index in [1.54, 1.807) is 18.0 Å². The molecular formula is C10H17N3OS. The summed E-state index contributed by atoms with van der Waals surface area (Å²) in [6.07, 6.45) is 6.55. The number of unbranched alkanes of at least 4 members (excludes halogenated alkanes) is 3. The number of ketones is 1. The average Bonchev–Trinajstić information content (AvgIpc) is 2.76. The Kier molecular flexibility index (Phi) is 6.08. The smallest absolute Gasteiger partial charge is 0.194 e. The lowest BCUT2D eigenvalue weighted by Crippen LogP contribution is -2.03. The van der Waals surface area contributed by atoms with Crippen molar-refractivity contribution in [3.63, 3.8) is 0 Å². The van der Waals surface area contributed by atoms with Gasteiger partial charge >= 0.3 is 0 Å². The van der Waals surface area contributed by atoms with Crippen LogP contribution in [0.1, 0.15) is 43.1 Å². The molecule has 1 rings (SSSR count). The number of carbonyl (C=O) groups excluding carboxylic acids is 1. The minimum absolute atomic E-state index is 0.0595. The highest BCUT2D eigenvalue weighted by atomic mass is 32.2. The number of H-pyrrole nitrogens is 1. The molecule has 0 saturated carbocycles. The molecular weight excluding hydrogens is 210 g/mol. The van der Waals surface area contributed by atoms with Crippen LogP contribution in [0.15, 0.2) is 6.20 Å². The molecule has 1 N–H and O–H groups in total. The van der Waals surface area contributed by atoms with Crippen LogP contribution >= 0.6 is 11.8 Å². The molecule has 0 unspecified atom stereocenters. The molecule has 4 nitrogen and oxygen atoms in total. The SMILES string of the molecule is CCCCCCSCC(=O)c1c[nH]nn1. The van der Waals surface area contributed by atoms with Crippen LogP contribution in [0, 0.1) is 0 Å². The molecule has 15 heavy (non-hydrogen) atoms. The predicted molar refractivity (Wildman–Crippen MR) is 62.2 cm³/mol. The lowest BCUT2D eigenvalue weighted by molar-refractivity contribution is 0.101. The van der Waals surface area contributed by atoms with E-state index in [-0.39, 0.29) is 5.78 Å². The van der Waals surface area contributed by atoms with Crippen molar-refractivity contribution in [3.8, 4) is 0 Å². The first-order valence-electron chi connectivity index (χ1n) is 5.32. The summed E-state index contributed by atoms with van der Waals surface area (Å²) in [5, 5.41) is 9.72. The van der Waals surface area contributed by atoms with E-state index in [1.165, 1.54) is 25.7 Å². The Morgan fingerprint density at radius 2 is 2.33 bits per heavy atom. The summed E-state index contributed by atoms with van der Waals surface area (Å²) >= 11 is 1.68. The van der Waals surface area contributed by atoms with Crippen LogP contribution in [-0.4, -0.2) is 32.7 Å². The highest BCUT2D eigenvalue weighted by Gasteiger charge is 2.07. The molecule has 0 amide bonds. The fourth-order valence-corrected chi connectivity index (χ4v) is 2.09. The molecule has 0 aliphatic carbocycles. The van der Waals surface area contributed by atoms with E-state index in [2.05, 4.69) is 22.3 Å². The van der Waals surface area contributed by atoms with Crippen LogP contribution in [0.4, 0.5) is 0 Å². The maximum Gasteiger partial charge on any atom is 0.194 e. The zero-order valence-corrected chi connectivity index (χ0v) is 9.85. The van der Waals surface area contributed by atoms with Gasteiger partial charge in [-0.3, -0.25) is 9.89 Å². The van der Waals surface area contributed by atoms with Crippen molar-refractivity contribution in [2.45, 2.75) is 32.6 Å². The zero-order valence-electron chi connectivity index (χ0n) is 9.03. The number of hydrogen-bond donors (Lipinski definition) is 1. The Morgan fingerprint density at radius 3 is 3.00 bits per heavy atom. The maximum atomic E-state index is 11.5. The number of Topliss-reactive ketones (excluding diaryl/α,β-unsaturated/α-hetero) is 1. The van der Waals surface area contributed by atoms with Gasteiger partial charge in [0.15, 0.2) is 5.78 Å². The minimum atomic E-state index is 0.0595. The largest absolute Gasteiger partial charge is 0.291 e. The molecule has 0 aromatic carbocycles. The summed E-state index contributed by atoms with van der Waals surface area (Å²) in [6, 6.07) is 0. The number of aromatic nitrogens is 3. The summed E-state index contributed by atoms with van der Waals surface area (Å²) < 4.78 is 0. The highest BCUT2D eigenvalue weighted by molar-refractivity contribution is 7.99. The normalized spacial score (nSPS) is 10.5. The predicted octanol–water partition coefficient (Wildman–Crippen LogP) is 2.30. The van der Waals surface area contributed by atoms with E-state index in [1.807, 2.05) is 0 Å². The molecule has 0 spiro atoms. The number of rotatable bonds is 8. The minimum Gasteiger partial charge on any atom is -0.291 e. The second-order valence-electron chi connectivity index (χ2n) is 3.40. The number of nitrogens with zero attached hydrogens (tertiary/aromatic N) is 2. The first kappa shape index (κ1) is 12.2. The molecule has 0 fully saturated rings. The number of carbonyl (C=O) groups is 1. The molecule has 0 aliphatic heterocycles. The molecule has 5 heteroatoms. The second-order valence-corrected chi connectivity index (χ2v) is 4.50. The van der Waals surface area contributed by atoms with E-state index in [0.29, 0.717) is 11.4 Å². The number of thioether (sulfide) groups is 1. The van der Waals surface area contributed by atoms with E-state index < -0.39 is 0 Å². The van der Waals surface area contributed by atoms with E-state index in [4.69, 9.17) is 0 Å². The Morgan fingerprint density at radius 1 is 1.47 bits per heavy atom. The fraction of sp³-hybridized carbons (Fsp3) is 0.700. The molecule has 1 aromatic heterocycles. The fourth-order valence-electron chi connectivity index (χ4n) is 1.21. The average molecular weight is 227 g/mol. The monoisotopic (exact) mass is 227 g/mol. The summed E-state index contributed by atoms with van der Waals surface area (Å²) in [7, 11) is 0. The van der Waals surface area contributed by atoms with Gasteiger partial charge in [0.2, 0.25) is 0 Å². The van der Waals surface area contributed by atoms with Gasteiger partial charge in [0.25, 0.3) is 0 Å². The molecule has 1 aromatic rings. The van der Waals surface area contributed by atoms with Crippen molar-refractivity contribution in [2.75, 3.05) is 11.5 Å². The van der Waals surface area contributed by atoms with Crippen molar-refractivity contribution in [1.29, 1.82) is 0 Å². The van der Waals surface area contributed by atoms with Gasteiger partial charge in [-0.2, -0.15) is 11.8 Å². The lowest BCUT2D eigenvalue weighted by atomic mass is 10.2. The number of nitrogens with one attached hydrogen (secondary N) is 1. The van der Waals surface area contributed by atoms with Crippen molar-refractivity contribution < 1.29 is 4.79 Å². The second kappa shape index (κ2) is 7.45. The third-order valence-corrected chi connectivity index (χ3v) is 3.12. The first-order chi connectivity index (χ1) is 7.34. The van der Waals surface area contributed by atoms with Crippen LogP contribution in [0.25, 0.3) is 0 Å². The van der Waals surface area contributed by atoms with E-state index in [9.17, 15) is 4.79 Å². The van der Waals surface area contributed by atoms with Gasteiger partial charge in [-0.05, 0) is 12.2 Å². The van der Waals surface area contributed by atoms with Gasteiger partial charge in [-0.15, -0.1) is 5.10 Å². The van der Waals surface area contributed by atoms with Crippen LogP contribution in [0.5, 0.6) is 0 Å². The molecule has 0 atom stereocenters. The summed E-state index contributed by atoms with van der Waals surface area (Å²) in [5.74, 6) is 1.63.